The van der Waals surface area contributed by atoms with Crippen molar-refractivity contribution in [2.24, 2.45) is 25.7 Å². The Labute approximate surface area is 160 Å². The number of hydrogen-bond donors (Lipinski definition) is 1. The number of carbonyl (C=O) groups excluding carboxylic acids is 1. The van der Waals surface area contributed by atoms with Crippen LogP contribution in [0.5, 0.6) is 0 Å². The molecule has 28 heavy (non-hydrogen) atoms. The van der Waals surface area contributed by atoms with Gasteiger partial charge in [-0.15, -0.1) is 0 Å². The molecular formula is C18H25N7O3. The van der Waals surface area contributed by atoms with Gasteiger partial charge in [0.15, 0.2) is 11.2 Å². The van der Waals surface area contributed by atoms with E-state index in [1.165, 1.54) is 11.6 Å². The first-order valence-electron chi connectivity index (χ1n) is 9.45. The van der Waals surface area contributed by atoms with E-state index in [2.05, 4.69) is 14.5 Å². The molecular weight excluding hydrogens is 362 g/mol. The van der Waals surface area contributed by atoms with E-state index in [9.17, 15) is 14.4 Å². The summed E-state index contributed by atoms with van der Waals surface area (Å²) >= 11 is 0. The lowest BCUT2D eigenvalue weighted by atomic mass is 9.96. The summed E-state index contributed by atoms with van der Waals surface area (Å²) in [4.78, 5) is 43.0. The number of nitrogens with zero attached hydrogens (tertiary/aromatic N) is 6. The third-order valence-corrected chi connectivity index (χ3v) is 5.89. The topological polar surface area (TPSA) is 113 Å². The lowest BCUT2D eigenvalue weighted by molar-refractivity contribution is -0.123. The van der Waals surface area contributed by atoms with Crippen LogP contribution in [0.1, 0.15) is 18.5 Å². The number of likely N-dealkylation sites (tertiary alicyclic amines) is 1. The Balaban J connectivity index is 1.65. The minimum Gasteiger partial charge on any atom is -0.369 e. The minimum absolute atomic E-state index is 0.0219. The van der Waals surface area contributed by atoms with Gasteiger partial charge < -0.3 is 15.2 Å². The Hall–Kier alpha value is -2.88. The fraction of sp³-hybridized carbons (Fsp3) is 0.556. The molecule has 0 saturated carbocycles. The van der Waals surface area contributed by atoms with E-state index in [0.717, 1.165) is 42.7 Å². The second kappa shape index (κ2) is 6.62. The van der Waals surface area contributed by atoms with Crippen LogP contribution in [0.15, 0.2) is 15.8 Å². The molecule has 4 heterocycles. The summed E-state index contributed by atoms with van der Waals surface area (Å²) in [5, 5.41) is 0. The zero-order chi connectivity index (χ0) is 20.2. The first-order chi connectivity index (χ1) is 13.3. The van der Waals surface area contributed by atoms with Crippen LogP contribution in [-0.4, -0.2) is 53.5 Å². The molecule has 4 rings (SSSR count). The van der Waals surface area contributed by atoms with Crippen LogP contribution in [0.2, 0.25) is 0 Å². The Morgan fingerprint density at radius 3 is 2.50 bits per heavy atom. The van der Waals surface area contributed by atoms with Crippen LogP contribution in [0.25, 0.3) is 16.9 Å². The van der Waals surface area contributed by atoms with Crippen LogP contribution in [0.3, 0.4) is 0 Å². The normalized spacial score (nSPS) is 16.4. The highest BCUT2D eigenvalue weighted by Gasteiger charge is 2.24. The van der Waals surface area contributed by atoms with E-state index in [0.29, 0.717) is 23.5 Å². The van der Waals surface area contributed by atoms with Gasteiger partial charge in [0.1, 0.15) is 0 Å². The van der Waals surface area contributed by atoms with Gasteiger partial charge >= 0.3 is 5.69 Å². The summed E-state index contributed by atoms with van der Waals surface area (Å²) in [5.41, 5.74) is 6.45. The second-order valence-corrected chi connectivity index (χ2v) is 7.60. The molecule has 0 radical (unpaired) electrons. The number of amides is 1. The molecule has 2 N–H and O–H groups in total. The van der Waals surface area contributed by atoms with Crippen LogP contribution in [0.4, 0.5) is 0 Å². The van der Waals surface area contributed by atoms with Gasteiger partial charge in [-0.2, -0.15) is 4.98 Å². The zero-order valence-electron chi connectivity index (χ0n) is 16.4. The van der Waals surface area contributed by atoms with Crippen molar-refractivity contribution < 1.29 is 4.79 Å². The van der Waals surface area contributed by atoms with E-state index in [1.54, 1.807) is 11.4 Å². The largest absolute Gasteiger partial charge is 0.369 e. The molecule has 3 aromatic rings. The fourth-order valence-electron chi connectivity index (χ4n) is 4.09. The summed E-state index contributed by atoms with van der Waals surface area (Å²) < 4.78 is 6.33. The molecule has 0 spiro atoms. The average Bonchev–Trinajstić information content (AvgIpc) is 3.18. The van der Waals surface area contributed by atoms with Crippen molar-refractivity contribution in [3.63, 3.8) is 0 Å². The van der Waals surface area contributed by atoms with Crippen molar-refractivity contribution in [3.8, 4) is 0 Å². The molecule has 1 aliphatic rings. The number of carbonyl (C=O) groups is 1. The molecule has 0 atom stereocenters. The monoisotopic (exact) mass is 387 g/mol. The van der Waals surface area contributed by atoms with Crippen LogP contribution >= 0.6 is 0 Å². The number of primary amides is 1. The van der Waals surface area contributed by atoms with E-state index in [1.807, 2.05) is 13.1 Å². The summed E-state index contributed by atoms with van der Waals surface area (Å²) in [7, 11) is 3.10. The molecule has 0 aromatic carbocycles. The van der Waals surface area contributed by atoms with Gasteiger partial charge in [0.05, 0.1) is 0 Å². The average molecular weight is 387 g/mol. The van der Waals surface area contributed by atoms with E-state index in [4.69, 9.17) is 5.73 Å². The number of aromatic nitrogens is 5. The van der Waals surface area contributed by atoms with Crippen molar-refractivity contribution in [2.75, 3.05) is 19.6 Å². The number of rotatable bonds is 4. The predicted octanol–water partition coefficient (Wildman–Crippen LogP) is -0.808. The van der Waals surface area contributed by atoms with Crippen molar-refractivity contribution >= 4 is 22.8 Å². The number of fused-ring (bicyclic) bond motifs is 3. The number of hydrogen-bond acceptors (Lipinski definition) is 5. The summed E-state index contributed by atoms with van der Waals surface area (Å²) in [6.45, 7) is 5.19. The molecule has 10 nitrogen and oxygen atoms in total. The van der Waals surface area contributed by atoms with Gasteiger partial charge in [-0.25, -0.2) is 4.79 Å². The van der Waals surface area contributed by atoms with Crippen molar-refractivity contribution in [3.05, 3.63) is 32.7 Å². The Morgan fingerprint density at radius 2 is 1.86 bits per heavy atom. The molecule has 0 bridgehead atoms. The van der Waals surface area contributed by atoms with Crippen LogP contribution in [0, 0.1) is 12.8 Å². The number of nitrogens with two attached hydrogens (primary N) is 1. The molecule has 3 aromatic heterocycles. The Morgan fingerprint density at radius 1 is 1.18 bits per heavy atom. The third kappa shape index (κ3) is 2.75. The lowest BCUT2D eigenvalue weighted by Gasteiger charge is -2.30. The smallest absolute Gasteiger partial charge is 0.332 e. The van der Waals surface area contributed by atoms with Crippen molar-refractivity contribution in [1.29, 1.82) is 0 Å². The highest BCUT2D eigenvalue weighted by Crippen LogP contribution is 2.19. The predicted molar refractivity (Wildman–Crippen MR) is 104 cm³/mol. The highest BCUT2D eigenvalue weighted by atomic mass is 16.2. The van der Waals surface area contributed by atoms with Gasteiger partial charge in [-0.3, -0.25) is 23.1 Å². The SMILES string of the molecule is Cc1cn2c3c(=O)n(C)c(=O)n(C)c3nc2n1CCN1CCC(C(N)=O)CC1. The Bertz CT molecular complexity index is 1190. The zero-order valence-corrected chi connectivity index (χ0v) is 16.4. The molecule has 150 valence electrons. The summed E-state index contributed by atoms with van der Waals surface area (Å²) in [5.74, 6) is 0.420. The van der Waals surface area contributed by atoms with Gasteiger partial charge in [0.25, 0.3) is 5.56 Å². The van der Waals surface area contributed by atoms with Crippen LogP contribution < -0.4 is 17.0 Å². The fourth-order valence-corrected chi connectivity index (χ4v) is 4.09. The standard InChI is InChI=1S/C18H25N7O3/c1-11-10-25-13-15(21(2)18(28)22(3)16(13)27)20-17(25)24(11)9-8-23-6-4-12(5-7-23)14(19)26/h10,12H,4-9H2,1-3H3,(H2,19,26). The first kappa shape index (κ1) is 18.5. The highest BCUT2D eigenvalue weighted by molar-refractivity contribution is 5.76. The second-order valence-electron chi connectivity index (χ2n) is 7.60. The van der Waals surface area contributed by atoms with Crippen molar-refractivity contribution in [2.45, 2.75) is 26.3 Å². The van der Waals surface area contributed by atoms with E-state index in [-0.39, 0.29) is 23.1 Å². The van der Waals surface area contributed by atoms with Gasteiger partial charge in [0.2, 0.25) is 11.7 Å². The minimum atomic E-state index is -0.390. The first-order valence-corrected chi connectivity index (χ1v) is 9.45. The van der Waals surface area contributed by atoms with Gasteiger partial charge in [-0.1, -0.05) is 0 Å². The molecule has 1 aliphatic heterocycles. The summed E-state index contributed by atoms with van der Waals surface area (Å²) in [6.07, 6.45) is 3.47. The van der Waals surface area contributed by atoms with Gasteiger partial charge in [-0.05, 0) is 32.9 Å². The van der Waals surface area contributed by atoms with E-state index >= 15 is 0 Å². The van der Waals surface area contributed by atoms with Crippen LogP contribution in [-0.2, 0) is 25.4 Å². The molecule has 0 unspecified atom stereocenters. The quantitative estimate of drug-likeness (QED) is 0.629. The molecule has 0 aliphatic carbocycles. The number of aryl methyl sites for hydroxylation is 2. The molecule has 1 fully saturated rings. The van der Waals surface area contributed by atoms with Gasteiger partial charge in [0, 0.05) is 45.0 Å². The Kier molecular flexibility index (Phi) is 4.37. The maximum absolute atomic E-state index is 12.6. The number of imidazole rings is 2. The molecule has 1 saturated heterocycles. The third-order valence-electron chi connectivity index (χ3n) is 5.89. The molecule has 1 amide bonds. The maximum Gasteiger partial charge on any atom is 0.332 e. The molecule has 10 heteroatoms. The maximum atomic E-state index is 12.6. The lowest BCUT2D eigenvalue weighted by Crippen LogP contribution is -2.39. The number of piperidine rings is 1. The summed E-state index contributed by atoms with van der Waals surface area (Å²) in [6, 6.07) is 0. The van der Waals surface area contributed by atoms with E-state index < -0.39 is 0 Å². The van der Waals surface area contributed by atoms with Crippen molar-refractivity contribution in [1.82, 2.24) is 28.0 Å².